The van der Waals surface area contributed by atoms with E-state index in [1.807, 2.05) is 0 Å². The Labute approximate surface area is 128 Å². The van der Waals surface area contributed by atoms with Gasteiger partial charge >= 0.3 is 0 Å². The summed E-state index contributed by atoms with van der Waals surface area (Å²) in [5.41, 5.74) is -0.370. The van der Waals surface area contributed by atoms with Gasteiger partial charge in [0.05, 0.1) is 38.6 Å². The Kier molecular flexibility index (Phi) is 7.40. The smallest absolute Gasteiger partial charge is 0.0701 e. The second kappa shape index (κ2) is 9.06. The molecular weight excluding hydrogens is 270 g/mol. The van der Waals surface area contributed by atoms with Gasteiger partial charge in [0, 0.05) is 32.7 Å². The SMILES string of the molecule is COCCOCCOCCN1CCC2(O)CCCCC2C1. The number of aliphatic hydroxyl groups is 1. The number of hydrogen-bond donors (Lipinski definition) is 1. The van der Waals surface area contributed by atoms with E-state index in [4.69, 9.17) is 14.2 Å². The largest absolute Gasteiger partial charge is 0.390 e. The second-order valence-corrected chi connectivity index (χ2v) is 6.31. The van der Waals surface area contributed by atoms with Crippen molar-refractivity contribution in [3.8, 4) is 0 Å². The van der Waals surface area contributed by atoms with Crippen LogP contribution in [0.5, 0.6) is 0 Å². The minimum absolute atomic E-state index is 0.370. The third kappa shape index (κ3) is 5.49. The molecule has 124 valence electrons. The number of nitrogens with zero attached hydrogens (tertiary/aromatic N) is 1. The summed E-state index contributed by atoms with van der Waals surface area (Å²) >= 11 is 0. The Morgan fingerprint density at radius 2 is 1.81 bits per heavy atom. The number of likely N-dealkylation sites (tertiary alicyclic amines) is 1. The lowest BCUT2D eigenvalue weighted by Gasteiger charge is -2.47. The van der Waals surface area contributed by atoms with E-state index < -0.39 is 0 Å². The summed E-state index contributed by atoms with van der Waals surface area (Å²) in [5.74, 6) is 0.470. The Bertz CT molecular complexity index is 289. The summed E-state index contributed by atoms with van der Waals surface area (Å²) < 4.78 is 15.9. The van der Waals surface area contributed by atoms with Gasteiger partial charge in [-0.2, -0.15) is 0 Å². The van der Waals surface area contributed by atoms with Gasteiger partial charge < -0.3 is 24.2 Å². The summed E-state index contributed by atoms with van der Waals surface area (Å²) in [6, 6.07) is 0. The maximum atomic E-state index is 10.6. The maximum absolute atomic E-state index is 10.6. The van der Waals surface area contributed by atoms with E-state index in [0.717, 1.165) is 39.1 Å². The van der Waals surface area contributed by atoms with E-state index in [0.29, 0.717) is 32.3 Å². The lowest BCUT2D eigenvalue weighted by Crippen LogP contribution is -2.53. The number of fused-ring (bicyclic) bond motifs is 1. The highest BCUT2D eigenvalue weighted by molar-refractivity contribution is 4.95. The van der Waals surface area contributed by atoms with Gasteiger partial charge in [-0.1, -0.05) is 12.8 Å². The fraction of sp³-hybridized carbons (Fsp3) is 1.00. The molecule has 1 saturated heterocycles. The molecule has 1 heterocycles. The average Bonchev–Trinajstić information content (AvgIpc) is 2.50. The first-order chi connectivity index (χ1) is 10.2. The second-order valence-electron chi connectivity index (χ2n) is 6.31. The molecule has 5 nitrogen and oxygen atoms in total. The summed E-state index contributed by atoms with van der Waals surface area (Å²) in [5, 5.41) is 10.6. The highest BCUT2D eigenvalue weighted by Gasteiger charge is 2.42. The van der Waals surface area contributed by atoms with Crippen molar-refractivity contribution in [3.05, 3.63) is 0 Å². The van der Waals surface area contributed by atoms with Crippen molar-refractivity contribution in [2.75, 3.05) is 59.8 Å². The minimum Gasteiger partial charge on any atom is -0.390 e. The van der Waals surface area contributed by atoms with Gasteiger partial charge in [0.15, 0.2) is 0 Å². The van der Waals surface area contributed by atoms with Crippen LogP contribution < -0.4 is 0 Å². The molecule has 0 radical (unpaired) electrons. The molecule has 2 rings (SSSR count). The highest BCUT2D eigenvalue weighted by atomic mass is 16.5. The molecule has 0 aromatic heterocycles. The van der Waals surface area contributed by atoms with Crippen molar-refractivity contribution < 1.29 is 19.3 Å². The first-order valence-electron chi connectivity index (χ1n) is 8.34. The monoisotopic (exact) mass is 301 g/mol. The van der Waals surface area contributed by atoms with E-state index >= 15 is 0 Å². The zero-order valence-corrected chi connectivity index (χ0v) is 13.4. The number of ether oxygens (including phenoxy) is 3. The molecule has 5 heteroatoms. The van der Waals surface area contributed by atoms with Crippen LogP contribution in [0.2, 0.25) is 0 Å². The number of rotatable bonds is 9. The van der Waals surface area contributed by atoms with Crippen LogP contribution in [0, 0.1) is 5.92 Å². The van der Waals surface area contributed by atoms with Gasteiger partial charge in [0.1, 0.15) is 0 Å². The Morgan fingerprint density at radius 1 is 1.05 bits per heavy atom. The standard InChI is InChI=1S/C16H31NO4/c1-19-10-11-21-13-12-20-9-8-17-7-6-16(18)5-3-2-4-15(16)14-17/h15,18H,2-14H2,1H3. The predicted molar refractivity (Wildman–Crippen MR) is 81.5 cm³/mol. The van der Waals surface area contributed by atoms with Crippen molar-refractivity contribution >= 4 is 0 Å². The molecule has 2 fully saturated rings. The number of piperidine rings is 1. The summed E-state index contributed by atoms with van der Waals surface area (Å²) in [7, 11) is 1.67. The van der Waals surface area contributed by atoms with Gasteiger partial charge in [-0.15, -0.1) is 0 Å². The highest BCUT2D eigenvalue weighted by Crippen LogP contribution is 2.39. The topological polar surface area (TPSA) is 51.2 Å². The molecular formula is C16H31NO4. The molecule has 21 heavy (non-hydrogen) atoms. The molecule has 0 aromatic carbocycles. The molecule has 0 aromatic rings. The third-order valence-corrected chi connectivity index (χ3v) is 4.87. The van der Waals surface area contributed by atoms with Crippen molar-refractivity contribution in [1.82, 2.24) is 4.90 Å². The molecule has 1 aliphatic heterocycles. The lowest BCUT2D eigenvalue weighted by atomic mass is 9.71. The molecule has 2 unspecified atom stereocenters. The third-order valence-electron chi connectivity index (χ3n) is 4.87. The van der Waals surface area contributed by atoms with Gasteiger partial charge in [-0.3, -0.25) is 0 Å². The lowest BCUT2D eigenvalue weighted by molar-refractivity contribution is -0.0982. The van der Waals surface area contributed by atoms with Crippen LogP contribution in [0.25, 0.3) is 0 Å². The van der Waals surface area contributed by atoms with Crippen molar-refractivity contribution in [3.63, 3.8) is 0 Å². The van der Waals surface area contributed by atoms with Crippen molar-refractivity contribution in [1.29, 1.82) is 0 Å². The summed E-state index contributed by atoms with van der Waals surface area (Å²) in [4.78, 5) is 2.44. The predicted octanol–water partition coefficient (Wildman–Crippen LogP) is 1.29. The molecule has 2 atom stereocenters. The Morgan fingerprint density at radius 3 is 2.62 bits per heavy atom. The first kappa shape index (κ1) is 17.2. The van der Waals surface area contributed by atoms with Crippen molar-refractivity contribution in [2.45, 2.75) is 37.7 Å². The maximum Gasteiger partial charge on any atom is 0.0701 e. The van der Waals surface area contributed by atoms with E-state index in [9.17, 15) is 5.11 Å². The average molecular weight is 301 g/mol. The van der Waals surface area contributed by atoms with Gasteiger partial charge in [0.25, 0.3) is 0 Å². The van der Waals surface area contributed by atoms with Crippen molar-refractivity contribution in [2.24, 2.45) is 5.92 Å². The molecule has 1 N–H and O–H groups in total. The van der Waals surface area contributed by atoms with E-state index in [1.165, 1.54) is 19.3 Å². The van der Waals surface area contributed by atoms with Crippen LogP contribution >= 0.6 is 0 Å². The zero-order chi connectivity index (χ0) is 15.0. The molecule has 2 aliphatic rings. The molecule has 0 spiro atoms. The van der Waals surface area contributed by atoms with Crippen LogP contribution in [0.3, 0.4) is 0 Å². The quantitative estimate of drug-likeness (QED) is 0.651. The zero-order valence-electron chi connectivity index (χ0n) is 13.4. The fourth-order valence-corrected chi connectivity index (χ4v) is 3.50. The Hall–Kier alpha value is -0.200. The molecule has 1 aliphatic carbocycles. The first-order valence-corrected chi connectivity index (χ1v) is 8.34. The summed E-state index contributed by atoms with van der Waals surface area (Å²) in [6.45, 7) is 6.29. The normalized spacial score (nSPS) is 30.3. The van der Waals surface area contributed by atoms with Gasteiger partial charge in [-0.25, -0.2) is 0 Å². The van der Waals surface area contributed by atoms with Gasteiger partial charge in [-0.05, 0) is 19.3 Å². The summed E-state index contributed by atoms with van der Waals surface area (Å²) in [6.07, 6.45) is 5.58. The van der Waals surface area contributed by atoms with E-state index in [1.54, 1.807) is 7.11 Å². The van der Waals surface area contributed by atoms with E-state index in [-0.39, 0.29) is 5.60 Å². The number of hydrogen-bond acceptors (Lipinski definition) is 5. The van der Waals surface area contributed by atoms with Crippen LogP contribution in [-0.4, -0.2) is 75.4 Å². The van der Waals surface area contributed by atoms with Crippen LogP contribution in [-0.2, 0) is 14.2 Å². The van der Waals surface area contributed by atoms with Crippen LogP contribution in [0.1, 0.15) is 32.1 Å². The Balaban J connectivity index is 1.52. The van der Waals surface area contributed by atoms with Crippen LogP contribution in [0.4, 0.5) is 0 Å². The number of methoxy groups -OCH3 is 1. The molecule has 0 bridgehead atoms. The molecule has 0 amide bonds. The minimum atomic E-state index is -0.370. The molecule has 1 saturated carbocycles. The fourth-order valence-electron chi connectivity index (χ4n) is 3.50. The van der Waals surface area contributed by atoms with Crippen LogP contribution in [0.15, 0.2) is 0 Å². The van der Waals surface area contributed by atoms with Gasteiger partial charge in [0.2, 0.25) is 0 Å². The van der Waals surface area contributed by atoms with E-state index in [2.05, 4.69) is 4.90 Å².